The second-order valence-electron chi connectivity index (χ2n) is 3.47. The lowest BCUT2D eigenvalue weighted by atomic mass is 10.3. The third-order valence-corrected chi connectivity index (χ3v) is 1.93. The van der Waals surface area contributed by atoms with E-state index in [-0.39, 0.29) is 6.61 Å². The number of hydrogen-bond acceptors (Lipinski definition) is 4. The van der Waals surface area contributed by atoms with Crippen LogP contribution in [-0.4, -0.2) is 37.0 Å². The van der Waals surface area contributed by atoms with Gasteiger partial charge in [0.2, 0.25) is 0 Å². The highest BCUT2D eigenvalue weighted by Gasteiger charge is 2.16. The molecule has 0 aliphatic rings. The number of esters is 1. The molecule has 4 heteroatoms. The Labute approximate surface area is 91.6 Å². The normalized spacial score (nSPS) is 12.5. The van der Waals surface area contributed by atoms with Crippen LogP contribution in [-0.2, 0) is 14.3 Å². The minimum Gasteiger partial charge on any atom is -0.464 e. The van der Waals surface area contributed by atoms with Crippen LogP contribution >= 0.6 is 0 Å². The highest BCUT2D eigenvalue weighted by atomic mass is 16.6. The van der Waals surface area contributed by atoms with Gasteiger partial charge in [-0.15, -0.1) is 0 Å². The molecule has 0 saturated heterocycles. The Morgan fingerprint density at radius 1 is 1.20 bits per heavy atom. The first kappa shape index (κ1) is 14.4. The Morgan fingerprint density at radius 2 is 1.80 bits per heavy atom. The Morgan fingerprint density at radius 3 is 2.40 bits per heavy atom. The van der Waals surface area contributed by atoms with E-state index in [1.165, 1.54) is 0 Å². The molecule has 90 valence electrons. The van der Waals surface area contributed by atoms with Crippen molar-refractivity contribution in [3.8, 4) is 0 Å². The third-order valence-electron chi connectivity index (χ3n) is 1.93. The van der Waals surface area contributed by atoms with Crippen molar-refractivity contribution >= 4 is 5.97 Å². The number of ether oxygens (including phenoxy) is 2. The molecule has 1 N–H and O–H groups in total. The quantitative estimate of drug-likeness (QED) is 0.471. The molecule has 4 nitrogen and oxygen atoms in total. The molecule has 0 radical (unpaired) electrons. The van der Waals surface area contributed by atoms with Gasteiger partial charge in [0.1, 0.15) is 0 Å². The molecule has 15 heavy (non-hydrogen) atoms. The van der Waals surface area contributed by atoms with Crippen molar-refractivity contribution in [1.82, 2.24) is 0 Å². The first-order valence-electron chi connectivity index (χ1n) is 5.64. The average Bonchev–Trinajstić information content (AvgIpc) is 2.24. The SMILES string of the molecule is CCCCOC[C@H](O)C(=O)OCCCC. The Kier molecular flexibility index (Phi) is 9.52. The molecule has 0 fully saturated rings. The highest BCUT2D eigenvalue weighted by Crippen LogP contribution is 1.95. The summed E-state index contributed by atoms with van der Waals surface area (Å²) in [5.41, 5.74) is 0. The van der Waals surface area contributed by atoms with Gasteiger partial charge < -0.3 is 14.6 Å². The second kappa shape index (κ2) is 9.93. The maximum atomic E-state index is 11.1. The van der Waals surface area contributed by atoms with Crippen molar-refractivity contribution in [3.63, 3.8) is 0 Å². The van der Waals surface area contributed by atoms with Gasteiger partial charge in [-0.3, -0.25) is 0 Å². The fourth-order valence-electron chi connectivity index (χ4n) is 0.923. The lowest BCUT2D eigenvalue weighted by Crippen LogP contribution is -2.28. The molecule has 0 aliphatic heterocycles. The summed E-state index contributed by atoms with van der Waals surface area (Å²) in [4.78, 5) is 11.1. The molecule has 0 spiro atoms. The van der Waals surface area contributed by atoms with Crippen LogP contribution in [0.5, 0.6) is 0 Å². The summed E-state index contributed by atoms with van der Waals surface area (Å²) in [5.74, 6) is -0.583. The van der Waals surface area contributed by atoms with Crippen molar-refractivity contribution in [2.45, 2.75) is 45.6 Å². The number of carbonyl (C=O) groups excluding carboxylic acids is 1. The summed E-state index contributed by atoms with van der Waals surface area (Å²) in [7, 11) is 0. The summed E-state index contributed by atoms with van der Waals surface area (Å²) in [6, 6.07) is 0. The second-order valence-corrected chi connectivity index (χ2v) is 3.47. The smallest absolute Gasteiger partial charge is 0.337 e. The van der Waals surface area contributed by atoms with Gasteiger partial charge >= 0.3 is 5.97 Å². The lowest BCUT2D eigenvalue weighted by Gasteiger charge is -2.10. The van der Waals surface area contributed by atoms with Crippen LogP contribution < -0.4 is 0 Å². The van der Waals surface area contributed by atoms with E-state index >= 15 is 0 Å². The molecule has 0 heterocycles. The summed E-state index contributed by atoms with van der Waals surface area (Å²) in [5, 5.41) is 9.32. The van der Waals surface area contributed by atoms with Gasteiger partial charge in [-0.2, -0.15) is 0 Å². The van der Waals surface area contributed by atoms with Crippen LogP contribution in [0.1, 0.15) is 39.5 Å². The first-order chi connectivity index (χ1) is 7.22. The van der Waals surface area contributed by atoms with Gasteiger partial charge in [-0.25, -0.2) is 4.79 Å². The number of unbranched alkanes of at least 4 members (excludes halogenated alkanes) is 2. The predicted octanol–water partition coefficient (Wildman–Crippen LogP) is 1.51. The van der Waals surface area contributed by atoms with Crippen LogP contribution in [0, 0.1) is 0 Å². The van der Waals surface area contributed by atoms with Crippen molar-refractivity contribution in [2.75, 3.05) is 19.8 Å². The van der Waals surface area contributed by atoms with Crippen molar-refractivity contribution < 1.29 is 19.4 Å². The fraction of sp³-hybridized carbons (Fsp3) is 0.909. The van der Waals surface area contributed by atoms with Crippen LogP contribution in [0.25, 0.3) is 0 Å². The third kappa shape index (κ3) is 8.39. The number of aliphatic hydroxyl groups excluding tert-OH is 1. The average molecular weight is 218 g/mol. The van der Waals surface area contributed by atoms with E-state index < -0.39 is 12.1 Å². The van der Waals surface area contributed by atoms with Gasteiger partial charge in [0.05, 0.1) is 13.2 Å². The molecule has 0 rings (SSSR count). The van der Waals surface area contributed by atoms with Gasteiger partial charge in [0.25, 0.3) is 0 Å². The maximum Gasteiger partial charge on any atom is 0.337 e. The molecule has 1 atom stereocenters. The van der Waals surface area contributed by atoms with Crippen molar-refractivity contribution in [3.05, 3.63) is 0 Å². The monoisotopic (exact) mass is 218 g/mol. The molecular formula is C11H22O4. The maximum absolute atomic E-state index is 11.1. The lowest BCUT2D eigenvalue weighted by molar-refractivity contribution is -0.156. The van der Waals surface area contributed by atoms with E-state index in [2.05, 4.69) is 6.92 Å². The van der Waals surface area contributed by atoms with E-state index in [1.807, 2.05) is 6.92 Å². The van der Waals surface area contributed by atoms with E-state index in [0.29, 0.717) is 13.2 Å². The zero-order valence-corrected chi connectivity index (χ0v) is 9.70. The molecule has 0 saturated carbocycles. The summed E-state index contributed by atoms with van der Waals surface area (Å²) in [6.07, 6.45) is 2.64. The van der Waals surface area contributed by atoms with Crippen LogP contribution in [0.2, 0.25) is 0 Å². The minimum atomic E-state index is -1.14. The van der Waals surface area contributed by atoms with E-state index in [0.717, 1.165) is 25.7 Å². The van der Waals surface area contributed by atoms with E-state index in [9.17, 15) is 9.90 Å². The number of hydrogen-bond donors (Lipinski definition) is 1. The molecule has 0 unspecified atom stereocenters. The highest BCUT2D eigenvalue weighted by molar-refractivity contribution is 5.74. The number of carbonyl (C=O) groups is 1. The van der Waals surface area contributed by atoms with Crippen molar-refractivity contribution in [2.24, 2.45) is 0 Å². The van der Waals surface area contributed by atoms with E-state index in [1.54, 1.807) is 0 Å². The zero-order valence-electron chi connectivity index (χ0n) is 9.70. The predicted molar refractivity (Wildman–Crippen MR) is 57.6 cm³/mol. The van der Waals surface area contributed by atoms with Crippen LogP contribution in [0.15, 0.2) is 0 Å². The molecule has 0 aromatic carbocycles. The van der Waals surface area contributed by atoms with Crippen LogP contribution in [0.3, 0.4) is 0 Å². The molecule has 0 bridgehead atoms. The largest absolute Gasteiger partial charge is 0.464 e. The topological polar surface area (TPSA) is 55.8 Å². The molecule has 0 aromatic rings. The van der Waals surface area contributed by atoms with Gasteiger partial charge in [-0.1, -0.05) is 26.7 Å². The van der Waals surface area contributed by atoms with Gasteiger partial charge in [0.15, 0.2) is 6.10 Å². The first-order valence-corrected chi connectivity index (χ1v) is 5.64. The Balaban J connectivity index is 3.42. The molecular weight excluding hydrogens is 196 g/mol. The van der Waals surface area contributed by atoms with Gasteiger partial charge in [-0.05, 0) is 12.8 Å². The van der Waals surface area contributed by atoms with Crippen molar-refractivity contribution in [1.29, 1.82) is 0 Å². The summed E-state index contributed by atoms with van der Waals surface area (Å²) < 4.78 is 9.94. The summed E-state index contributed by atoms with van der Waals surface area (Å²) >= 11 is 0. The minimum absolute atomic E-state index is 0.0327. The fourth-order valence-corrected chi connectivity index (χ4v) is 0.923. The molecule has 0 aromatic heterocycles. The Hall–Kier alpha value is -0.610. The van der Waals surface area contributed by atoms with E-state index in [4.69, 9.17) is 9.47 Å². The number of rotatable bonds is 9. The summed E-state index contributed by atoms with van der Waals surface area (Å²) in [6.45, 7) is 5.05. The molecule has 0 amide bonds. The van der Waals surface area contributed by atoms with Crippen LogP contribution in [0.4, 0.5) is 0 Å². The Bertz CT molecular complexity index is 159. The molecule has 0 aliphatic carbocycles. The standard InChI is InChI=1S/C11H22O4/c1-3-5-7-14-9-10(12)11(13)15-8-6-4-2/h10,12H,3-9H2,1-2H3/t10-/m0/s1. The van der Waals surface area contributed by atoms with Gasteiger partial charge in [0, 0.05) is 6.61 Å². The zero-order chi connectivity index (χ0) is 11.5. The number of aliphatic hydroxyl groups is 1.